The minimum atomic E-state index is -0.886. The average molecular weight is 296 g/mol. The van der Waals surface area contributed by atoms with Gasteiger partial charge in [0.05, 0.1) is 5.54 Å². The van der Waals surface area contributed by atoms with Gasteiger partial charge in [0.1, 0.15) is 10.4 Å². The molecule has 1 heterocycles. The van der Waals surface area contributed by atoms with E-state index in [9.17, 15) is 4.79 Å². The molecule has 0 aliphatic heterocycles. The Bertz CT molecular complexity index is 504. The third-order valence-electron chi connectivity index (χ3n) is 3.88. The van der Waals surface area contributed by atoms with Crippen LogP contribution in [0.1, 0.15) is 44.5 Å². The summed E-state index contributed by atoms with van der Waals surface area (Å²) in [6.07, 6.45) is 4.75. The van der Waals surface area contributed by atoms with Crippen molar-refractivity contribution in [2.75, 3.05) is 0 Å². The first-order chi connectivity index (χ1) is 9.42. The molecule has 0 spiro atoms. The number of rotatable bonds is 4. The highest BCUT2D eigenvalue weighted by Gasteiger charge is 2.47. The molecule has 2 rings (SSSR count). The normalized spacial score (nSPS) is 19.0. The number of amides is 1. The largest absolute Gasteiger partial charge is 0.409 e. The minimum absolute atomic E-state index is 0.00226. The van der Waals surface area contributed by atoms with Crippen molar-refractivity contribution in [2.45, 2.75) is 45.1 Å². The van der Waals surface area contributed by atoms with Crippen molar-refractivity contribution in [3.63, 3.8) is 0 Å². The molecule has 1 aliphatic carbocycles. The highest BCUT2D eigenvalue weighted by Crippen LogP contribution is 2.39. The molecule has 4 N–H and O–H groups in total. The molecule has 1 aliphatic rings. The zero-order valence-electron chi connectivity index (χ0n) is 11.7. The third-order valence-corrected chi connectivity index (χ3v) is 4.98. The molecule has 0 aromatic carbocycles. The monoisotopic (exact) mass is 296 g/mol. The Labute approximate surface area is 122 Å². The van der Waals surface area contributed by atoms with Crippen LogP contribution in [0.3, 0.4) is 0 Å². The summed E-state index contributed by atoms with van der Waals surface area (Å²) in [4.78, 5) is 16.9. The molecule has 0 saturated heterocycles. The molecule has 1 aromatic rings. The number of oxime groups is 1. The van der Waals surface area contributed by atoms with Crippen LogP contribution in [0.15, 0.2) is 16.7 Å². The van der Waals surface area contributed by atoms with Gasteiger partial charge in [-0.05, 0) is 26.7 Å². The Balaban J connectivity index is 2.22. The zero-order chi connectivity index (χ0) is 14.8. The lowest BCUT2D eigenvalue weighted by Crippen LogP contribution is -2.53. The van der Waals surface area contributed by atoms with Gasteiger partial charge in [0.25, 0.3) is 0 Å². The molecule has 1 amide bonds. The molecule has 0 atom stereocenters. The summed E-state index contributed by atoms with van der Waals surface area (Å²) in [6, 6.07) is 0. The van der Waals surface area contributed by atoms with Crippen LogP contribution in [0, 0.1) is 5.41 Å². The van der Waals surface area contributed by atoms with Gasteiger partial charge in [-0.25, -0.2) is 4.98 Å². The number of amidine groups is 1. The molecule has 1 fully saturated rings. The Kier molecular flexibility index (Phi) is 3.99. The van der Waals surface area contributed by atoms with Crippen LogP contribution < -0.4 is 11.1 Å². The Morgan fingerprint density at radius 3 is 2.70 bits per heavy atom. The van der Waals surface area contributed by atoms with Crippen molar-refractivity contribution in [1.29, 1.82) is 0 Å². The van der Waals surface area contributed by atoms with Crippen molar-refractivity contribution in [2.24, 2.45) is 16.3 Å². The Morgan fingerprint density at radius 1 is 1.55 bits per heavy atom. The van der Waals surface area contributed by atoms with Crippen LogP contribution >= 0.6 is 11.3 Å². The lowest BCUT2D eigenvalue weighted by molar-refractivity contribution is -0.129. The second kappa shape index (κ2) is 5.40. The van der Waals surface area contributed by atoms with Crippen molar-refractivity contribution in [3.8, 4) is 0 Å². The molecule has 0 unspecified atom stereocenters. The number of thiazole rings is 1. The van der Waals surface area contributed by atoms with Crippen LogP contribution in [-0.4, -0.2) is 21.9 Å². The van der Waals surface area contributed by atoms with Crippen LogP contribution in [-0.2, 0) is 10.3 Å². The van der Waals surface area contributed by atoms with Crippen LogP contribution in [0.4, 0.5) is 0 Å². The summed E-state index contributed by atoms with van der Waals surface area (Å²) >= 11 is 1.49. The number of hydrogen-bond acceptors (Lipinski definition) is 5. The predicted molar refractivity (Wildman–Crippen MR) is 77.6 cm³/mol. The average Bonchev–Trinajstić information content (AvgIpc) is 3.08. The van der Waals surface area contributed by atoms with Gasteiger partial charge < -0.3 is 16.3 Å². The standard InChI is InChI=1S/C13H20N4O2S/c1-12(2,11-15-7-8-20-11)16-10(18)13(9(14)17-19)5-3-4-6-13/h7-8,19H,3-6H2,1-2H3,(H2,14,17)(H,16,18). The van der Waals surface area contributed by atoms with Gasteiger partial charge in [0.15, 0.2) is 5.84 Å². The van der Waals surface area contributed by atoms with Gasteiger partial charge in [-0.15, -0.1) is 11.3 Å². The first-order valence-corrected chi connectivity index (χ1v) is 7.51. The molecule has 110 valence electrons. The van der Waals surface area contributed by atoms with Crippen LogP contribution in [0.25, 0.3) is 0 Å². The SMILES string of the molecule is CC(C)(NC(=O)C1(/C(N)=N/O)CCCC1)c1nccs1. The van der Waals surface area contributed by atoms with Gasteiger partial charge in [0.2, 0.25) is 5.91 Å². The van der Waals surface area contributed by atoms with Crippen LogP contribution in [0.5, 0.6) is 0 Å². The molecule has 6 nitrogen and oxygen atoms in total. The molecular weight excluding hydrogens is 276 g/mol. The summed E-state index contributed by atoms with van der Waals surface area (Å²) in [6.45, 7) is 3.80. The van der Waals surface area contributed by atoms with Gasteiger partial charge in [-0.2, -0.15) is 0 Å². The van der Waals surface area contributed by atoms with Gasteiger partial charge in [-0.1, -0.05) is 18.0 Å². The summed E-state index contributed by atoms with van der Waals surface area (Å²) in [5.41, 5.74) is 4.32. The van der Waals surface area contributed by atoms with Crippen LogP contribution in [0.2, 0.25) is 0 Å². The van der Waals surface area contributed by atoms with E-state index in [0.717, 1.165) is 17.8 Å². The van der Waals surface area contributed by atoms with Crippen molar-refractivity contribution < 1.29 is 10.0 Å². The molecule has 1 saturated carbocycles. The van der Waals surface area contributed by atoms with E-state index in [4.69, 9.17) is 10.9 Å². The quantitative estimate of drug-likeness (QED) is 0.341. The van der Waals surface area contributed by atoms with Gasteiger partial charge in [0, 0.05) is 11.6 Å². The summed E-state index contributed by atoms with van der Waals surface area (Å²) < 4.78 is 0. The minimum Gasteiger partial charge on any atom is -0.409 e. The van der Waals surface area contributed by atoms with E-state index in [1.54, 1.807) is 6.20 Å². The van der Waals surface area contributed by atoms with Crippen molar-refractivity contribution in [3.05, 3.63) is 16.6 Å². The van der Waals surface area contributed by atoms with E-state index in [0.29, 0.717) is 12.8 Å². The fourth-order valence-electron chi connectivity index (χ4n) is 2.66. The predicted octanol–water partition coefficient (Wildman–Crippen LogP) is 1.80. The second-order valence-electron chi connectivity index (χ2n) is 5.69. The number of nitrogens with one attached hydrogen (secondary N) is 1. The maximum absolute atomic E-state index is 12.7. The third kappa shape index (κ3) is 2.49. The summed E-state index contributed by atoms with van der Waals surface area (Å²) in [5, 5.41) is 17.7. The number of carbonyl (C=O) groups is 1. The maximum atomic E-state index is 12.7. The fraction of sp³-hybridized carbons (Fsp3) is 0.615. The molecule has 0 bridgehead atoms. The van der Waals surface area contributed by atoms with E-state index in [1.807, 2.05) is 19.2 Å². The van der Waals surface area contributed by atoms with Crippen molar-refractivity contribution in [1.82, 2.24) is 10.3 Å². The van der Waals surface area contributed by atoms with E-state index in [2.05, 4.69) is 15.5 Å². The number of carbonyl (C=O) groups excluding carboxylic acids is 1. The van der Waals surface area contributed by atoms with E-state index in [-0.39, 0.29) is 11.7 Å². The highest BCUT2D eigenvalue weighted by molar-refractivity contribution is 7.09. The summed E-state index contributed by atoms with van der Waals surface area (Å²) in [5.74, 6) is -0.187. The Hall–Kier alpha value is -1.63. The van der Waals surface area contributed by atoms with E-state index in [1.165, 1.54) is 11.3 Å². The zero-order valence-corrected chi connectivity index (χ0v) is 12.5. The highest BCUT2D eigenvalue weighted by atomic mass is 32.1. The molecular formula is C13H20N4O2S. The summed E-state index contributed by atoms with van der Waals surface area (Å²) in [7, 11) is 0. The topological polar surface area (TPSA) is 101 Å². The van der Waals surface area contributed by atoms with Gasteiger partial charge >= 0.3 is 0 Å². The first-order valence-electron chi connectivity index (χ1n) is 6.63. The first kappa shape index (κ1) is 14.8. The number of hydrogen-bond donors (Lipinski definition) is 3. The maximum Gasteiger partial charge on any atom is 0.234 e. The lowest BCUT2D eigenvalue weighted by atomic mass is 9.83. The smallest absolute Gasteiger partial charge is 0.234 e. The molecule has 7 heteroatoms. The van der Waals surface area contributed by atoms with E-state index >= 15 is 0 Å². The number of nitrogens with two attached hydrogens (primary N) is 1. The molecule has 1 aromatic heterocycles. The molecule has 0 radical (unpaired) electrons. The number of nitrogens with zero attached hydrogens (tertiary/aromatic N) is 2. The molecule has 20 heavy (non-hydrogen) atoms. The van der Waals surface area contributed by atoms with Crippen molar-refractivity contribution >= 4 is 23.1 Å². The van der Waals surface area contributed by atoms with Gasteiger partial charge in [-0.3, -0.25) is 4.79 Å². The Morgan fingerprint density at radius 2 is 2.20 bits per heavy atom. The lowest BCUT2D eigenvalue weighted by Gasteiger charge is -2.32. The van der Waals surface area contributed by atoms with E-state index < -0.39 is 11.0 Å². The fourth-order valence-corrected chi connectivity index (χ4v) is 3.38. The number of aromatic nitrogens is 1. The second-order valence-corrected chi connectivity index (χ2v) is 6.59.